The van der Waals surface area contributed by atoms with Crippen LogP contribution < -0.4 is 10.0 Å². The van der Waals surface area contributed by atoms with E-state index in [9.17, 15) is 13.2 Å². The summed E-state index contributed by atoms with van der Waals surface area (Å²) in [6, 6.07) is 15.3. The van der Waals surface area contributed by atoms with Crippen LogP contribution in [0.3, 0.4) is 0 Å². The normalized spacial score (nSPS) is 11.4. The fourth-order valence-electron chi connectivity index (χ4n) is 2.66. The molecule has 0 saturated carbocycles. The average molecular weight is 463 g/mol. The van der Waals surface area contributed by atoms with Crippen LogP contribution in [0.1, 0.15) is 27.0 Å². The molecule has 1 aromatic heterocycles. The van der Waals surface area contributed by atoms with Crippen LogP contribution in [-0.4, -0.2) is 36.8 Å². The summed E-state index contributed by atoms with van der Waals surface area (Å²) in [5.74, 6) is 1.09. The van der Waals surface area contributed by atoms with Crippen molar-refractivity contribution >= 4 is 44.2 Å². The molecular formula is C20H22N4O3S3. The summed E-state index contributed by atoms with van der Waals surface area (Å²) in [6.07, 6.45) is 0. The average Bonchev–Trinajstić information content (AvgIpc) is 3.17. The van der Waals surface area contributed by atoms with E-state index in [2.05, 4.69) is 32.4 Å². The van der Waals surface area contributed by atoms with Crippen LogP contribution in [0.4, 0.5) is 5.13 Å². The summed E-state index contributed by atoms with van der Waals surface area (Å²) >= 11 is 2.47. The van der Waals surface area contributed by atoms with Gasteiger partial charge in [0.2, 0.25) is 9.47 Å². The lowest BCUT2D eigenvalue weighted by Crippen LogP contribution is -2.26. The van der Waals surface area contributed by atoms with E-state index in [1.807, 2.05) is 38.1 Å². The van der Waals surface area contributed by atoms with Crippen molar-refractivity contribution in [1.29, 1.82) is 0 Å². The van der Waals surface area contributed by atoms with Gasteiger partial charge in [0.1, 0.15) is 0 Å². The number of carbonyl (C=O) groups excluding carboxylic acids is 1. The van der Waals surface area contributed by atoms with E-state index in [0.717, 1.165) is 22.7 Å². The number of aryl methyl sites for hydroxylation is 2. The minimum atomic E-state index is -3.77. The predicted octanol–water partition coefficient (Wildman–Crippen LogP) is 3.62. The summed E-state index contributed by atoms with van der Waals surface area (Å²) in [5.41, 5.74) is 3.73. The number of benzene rings is 2. The first-order valence-electron chi connectivity index (χ1n) is 9.18. The van der Waals surface area contributed by atoms with Crippen molar-refractivity contribution in [2.24, 2.45) is 0 Å². The number of hydrogen-bond donors (Lipinski definition) is 2. The minimum Gasteiger partial charge on any atom is -0.296 e. The number of carbonyl (C=O) groups is 1. The van der Waals surface area contributed by atoms with Gasteiger partial charge in [-0.2, -0.15) is 11.8 Å². The zero-order chi connectivity index (χ0) is 21.6. The van der Waals surface area contributed by atoms with Crippen molar-refractivity contribution in [3.63, 3.8) is 0 Å². The molecule has 0 atom stereocenters. The predicted molar refractivity (Wildman–Crippen MR) is 122 cm³/mol. The van der Waals surface area contributed by atoms with Gasteiger partial charge >= 0.3 is 0 Å². The number of anilines is 1. The monoisotopic (exact) mass is 462 g/mol. The fraction of sp³-hybridized carbons (Fsp3) is 0.250. The number of amides is 1. The molecule has 0 aliphatic carbocycles. The maximum atomic E-state index is 12.4. The lowest BCUT2D eigenvalue weighted by molar-refractivity contribution is 0.102. The Morgan fingerprint density at radius 2 is 1.90 bits per heavy atom. The molecule has 1 amide bonds. The largest absolute Gasteiger partial charge is 0.296 e. The van der Waals surface area contributed by atoms with Crippen molar-refractivity contribution in [2.45, 2.75) is 23.9 Å². The molecule has 0 bridgehead atoms. The van der Waals surface area contributed by atoms with Gasteiger partial charge in [0, 0.05) is 23.6 Å². The number of sulfonamides is 1. The first kappa shape index (κ1) is 22.4. The smallest absolute Gasteiger partial charge is 0.269 e. The van der Waals surface area contributed by atoms with Crippen LogP contribution in [-0.2, 0) is 15.8 Å². The number of rotatable bonds is 9. The van der Waals surface area contributed by atoms with Gasteiger partial charge in [0.15, 0.2) is 0 Å². The van der Waals surface area contributed by atoms with Gasteiger partial charge in [-0.15, -0.1) is 10.2 Å². The highest BCUT2D eigenvalue weighted by molar-refractivity contribution is 7.98. The third-order valence-electron chi connectivity index (χ3n) is 4.14. The third-order valence-corrected chi connectivity index (χ3v) is 7.83. The molecule has 158 valence electrons. The summed E-state index contributed by atoms with van der Waals surface area (Å²) in [6.45, 7) is 4.15. The standard InChI is InChI=1S/C20H22N4O3S3/c1-14-6-5-8-16(12-14)13-28-11-10-21-30(26,27)20-24-23-19(29-20)22-18(25)17-9-4-3-7-15(17)2/h3-9,12,21H,10-11,13H2,1-2H3,(H,22,23,25). The lowest BCUT2D eigenvalue weighted by Gasteiger charge is -2.05. The number of hydrogen-bond acceptors (Lipinski definition) is 7. The summed E-state index contributed by atoms with van der Waals surface area (Å²) in [5, 5.41) is 10.2. The van der Waals surface area contributed by atoms with Gasteiger partial charge in [-0.1, -0.05) is 59.4 Å². The van der Waals surface area contributed by atoms with Crippen LogP contribution in [0, 0.1) is 13.8 Å². The van der Waals surface area contributed by atoms with Crippen LogP contribution >= 0.6 is 23.1 Å². The molecule has 0 saturated heterocycles. The Balaban J connectivity index is 1.50. The van der Waals surface area contributed by atoms with E-state index in [4.69, 9.17) is 0 Å². The second kappa shape index (κ2) is 10.2. The van der Waals surface area contributed by atoms with Crippen LogP contribution in [0.15, 0.2) is 52.9 Å². The Morgan fingerprint density at radius 1 is 1.10 bits per heavy atom. The van der Waals surface area contributed by atoms with Gasteiger partial charge < -0.3 is 0 Å². The molecule has 0 radical (unpaired) electrons. The molecule has 2 N–H and O–H groups in total. The van der Waals surface area contributed by atoms with E-state index in [0.29, 0.717) is 11.3 Å². The highest BCUT2D eigenvalue weighted by Crippen LogP contribution is 2.21. The minimum absolute atomic E-state index is 0.137. The molecule has 3 rings (SSSR count). The third kappa shape index (κ3) is 6.11. The van der Waals surface area contributed by atoms with Crippen molar-refractivity contribution in [3.05, 3.63) is 70.8 Å². The summed E-state index contributed by atoms with van der Waals surface area (Å²) in [7, 11) is -3.77. The highest BCUT2D eigenvalue weighted by atomic mass is 32.2. The quantitative estimate of drug-likeness (QED) is 0.372. The highest BCUT2D eigenvalue weighted by Gasteiger charge is 2.21. The molecule has 0 spiro atoms. The van der Waals surface area contributed by atoms with Crippen LogP contribution in [0.5, 0.6) is 0 Å². The molecule has 10 heteroatoms. The summed E-state index contributed by atoms with van der Waals surface area (Å²) < 4.78 is 27.2. The van der Waals surface area contributed by atoms with Gasteiger partial charge in [0.05, 0.1) is 0 Å². The second-order valence-electron chi connectivity index (χ2n) is 6.58. The van der Waals surface area contributed by atoms with E-state index in [1.165, 1.54) is 11.1 Å². The molecule has 0 unspecified atom stereocenters. The maximum Gasteiger partial charge on any atom is 0.269 e. The number of aromatic nitrogens is 2. The maximum absolute atomic E-state index is 12.4. The van der Waals surface area contributed by atoms with E-state index >= 15 is 0 Å². The molecule has 30 heavy (non-hydrogen) atoms. The Kier molecular flexibility index (Phi) is 7.59. The topological polar surface area (TPSA) is 101 Å². The molecular weight excluding hydrogens is 440 g/mol. The molecule has 1 heterocycles. The SMILES string of the molecule is Cc1cccc(CSCCNS(=O)(=O)c2nnc(NC(=O)c3ccccc3C)s2)c1. The number of nitrogens with zero attached hydrogens (tertiary/aromatic N) is 2. The van der Waals surface area contributed by atoms with Crippen LogP contribution in [0.25, 0.3) is 0 Å². The van der Waals surface area contributed by atoms with Crippen molar-refractivity contribution in [2.75, 3.05) is 17.6 Å². The first-order valence-corrected chi connectivity index (χ1v) is 12.6. The van der Waals surface area contributed by atoms with Gasteiger partial charge in [0.25, 0.3) is 15.9 Å². The van der Waals surface area contributed by atoms with Crippen molar-refractivity contribution < 1.29 is 13.2 Å². The van der Waals surface area contributed by atoms with Gasteiger partial charge in [-0.05, 0) is 31.0 Å². The lowest BCUT2D eigenvalue weighted by atomic mass is 10.1. The van der Waals surface area contributed by atoms with E-state index < -0.39 is 10.0 Å². The Bertz CT molecular complexity index is 1130. The molecule has 0 fully saturated rings. The first-order chi connectivity index (χ1) is 14.3. The molecule has 0 aliphatic rings. The van der Waals surface area contributed by atoms with Gasteiger partial charge in [-0.3, -0.25) is 10.1 Å². The number of thioether (sulfide) groups is 1. The van der Waals surface area contributed by atoms with Crippen molar-refractivity contribution in [1.82, 2.24) is 14.9 Å². The fourth-order valence-corrected chi connectivity index (χ4v) is 5.57. The Hall–Kier alpha value is -2.27. The molecule has 7 nitrogen and oxygen atoms in total. The zero-order valence-electron chi connectivity index (χ0n) is 16.6. The van der Waals surface area contributed by atoms with Crippen LogP contribution in [0.2, 0.25) is 0 Å². The Morgan fingerprint density at radius 3 is 2.67 bits per heavy atom. The molecule has 0 aliphatic heterocycles. The number of nitrogens with one attached hydrogen (secondary N) is 2. The van der Waals surface area contributed by atoms with E-state index in [1.54, 1.807) is 23.9 Å². The molecule has 2 aromatic carbocycles. The second-order valence-corrected chi connectivity index (χ2v) is 10.6. The van der Waals surface area contributed by atoms with E-state index in [-0.39, 0.29) is 21.9 Å². The summed E-state index contributed by atoms with van der Waals surface area (Å²) in [4.78, 5) is 12.3. The Labute approximate surface area is 184 Å². The van der Waals surface area contributed by atoms with Crippen molar-refractivity contribution in [3.8, 4) is 0 Å². The van der Waals surface area contributed by atoms with Gasteiger partial charge in [-0.25, -0.2) is 13.1 Å². The molecule has 3 aromatic rings. The zero-order valence-corrected chi connectivity index (χ0v) is 19.0.